The van der Waals surface area contributed by atoms with Gasteiger partial charge in [0.15, 0.2) is 5.16 Å². The Morgan fingerprint density at radius 2 is 1.74 bits per heavy atom. The normalized spacial score (nSPS) is 12.0. The van der Waals surface area contributed by atoms with E-state index in [1.54, 1.807) is 0 Å². The van der Waals surface area contributed by atoms with Gasteiger partial charge < -0.3 is 9.47 Å². The molecule has 0 spiro atoms. The van der Waals surface area contributed by atoms with Crippen LogP contribution in [0.5, 0.6) is 0 Å². The maximum Gasteiger partial charge on any atom is 0.236 e. The zero-order chi connectivity index (χ0) is 19.2. The van der Waals surface area contributed by atoms with Gasteiger partial charge in [-0.2, -0.15) is 0 Å². The quantitative estimate of drug-likeness (QED) is 0.562. The van der Waals surface area contributed by atoms with Crippen LogP contribution in [0.1, 0.15) is 19.4 Å². The second-order valence-electron chi connectivity index (χ2n) is 6.45. The van der Waals surface area contributed by atoms with E-state index in [4.69, 9.17) is 0 Å². The largest absolute Gasteiger partial charge is 0.338 e. The second-order valence-corrected chi connectivity index (χ2v) is 7.76. The number of aromatic nitrogens is 2. The lowest BCUT2D eigenvalue weighted by atomic mass is 10.2. The Labute approximate surface area is 165 Å². The Kier molecular flexibility index (Phi) is 6.35. The van der Waals surface area contributed by atoms with Crippen LogP contribution in [0.2, 0.25) is 0 Å². The molecule has 140 valence electrons. The third-order valence-electron chi connectivity index (χ3n) is 4.55. The average Bonchev–Trinajstić information content (AvgIpc) is 3.07. The Morgan fingerprint density at radius 3 is 2.37 bits per heavy atom. The lowest BCUT2D eigenvalue weighted by Crippen LogP contribution is -2.36. The lowest BCUT2D eigenvalue weighted by Gasteiger charge is -2.24. The minimum Gasteiger partial charge on any atom is -0.338 e. The highest BCUT2D eigenvalue weighted by Gasteiger charge is 2.22. The first kappa shape index (κ1) is 19.2. The van der Waals surface area contributed by atoms with Crippen LogP contribution in [-0.4, -0.2) is 32.2 Å². The van der Waals surface area contributed by atoms with Gasteiger partial charge in [0.25, 0.3) is 0 Å². The van der Waals surface area contributed by atoms with Crippen LogP contribution < -0.4 is 0 Å². The first-order valence-corrected chi connectivity index (χ1v) is 10.0. The predicted octanol–water partition coefficient (Wildman–Crippen LogP) is 4.62. The summed E-state index contributed by atoms with van der Waals surface area (Å²) in [7, 11) is 2.00. The van der Waals surface area contributed by atoms with Crippen molar-refractivity contribution in [3.8, 4) is 11.3 Å². The fourth-order valence-corrected chi connectivity index (χ4v) is 3.93. The van der Waals surface area contributed by atoms with Crippen molar-refractivity contribution >= 4 is 17.7 Å². The van der Waals surface area contributed by atoms with Crippen molar-refractivity contribution in [2.24, 2.45) is 7.05 Å². The highest BCUT2D eigenvalue weighted by molar-refractivity contribution is 8.00. The van der Waals surface area contributed by atoms with Crippen LogP contribution in [-0.2, 0) is 18.4 Å². The summed E-state index contributed by atoms with van der Waals surface area (Å²) >= 11 is 1.51. The molecule has 0 N–H and O–H groups in total. The summed E-state index contributed by atoms with van der Waals surface area (Å²) < 4.78 is 2.05. The molecule has 0 aliphatic heterocycles. The third-order valence-corrected chi connectivity index (χ3v) is 5.70. The van der Waals surface area contributed by atoms with Crippen molar-refractivity contribution in [1.82, 2.24) is 14.5 Å². The van der Waals surface area contributed by atoms with Crippen molar-refractivity contribution in [3.05, 3.63) is 72.4 Å². The molecule has 1 aromatic heterocycles. The smallest absolute Gasteiger partial charge is 0.236 e. The molecule has 2 aromatic carbocycles. The monoisotopic (exact) mass is 379 g/mol. The molecule has 3 aromatic rings. The Bertz CT molecular complexity index is 877. The number of hydrogen-bond acceptors (Lipinski definition) is 3. The summed E-state index contributed by atoms with van der Waals surface area (Å²) in [5.41, 5.74) is 3.32. The van der Waals surface area contributed by atoms with Crippen molar-refractivity contribution in [1.29, 1.82) is 0 Å². The number of benzene rings is 2. The standard InChI is InChI=1S/C22H25N3OS/c1-4-25(16-18-11-7-5-8-12-18)21(26)17(2)27-22-23-15-20(24(22)3)19-13-9-6-10-14-19/h5-15,17H,4,16H2,1-3H3. The molecule has 3 rings (SSSR count). The molecule has 0 saturated heterocycles. The van der Waals surface area contributed by atoms with E-state index in [2.05, 4.69) is 33.8 Å². The van der Waals surface area contributed by atoms with E-state index in [0.717, 1.165) is 22.0 Å². The van der Waals surface area contributed by atoms with Crippen LogP contribution in [0.3, 0.4) is 0 Å². The molecule has 1 amide bonds. The number of thioether (sulfide) groups is 1. The van der Waals surface area contributed by atoms with E-state index >= 15 is 0 Å². The van der Waals surface area contributed by atoms with Gasteiger partial charge in [-0.1, -0.05) is 72.4 Å². The molecule has 0 fully saturated rings. The van der Waals surface area contributed by atoms with Crippen molar-refractivity contribution in [2.75, 3.05) is 6.54 Å². The van der Waals surface area contributed by atoms with Gasteiger partial charge in [0, 0.05) is 20.1 Å². The van der Waals surface area contributed by atoms with Crippen molar-refractivity contribution in [3.63, 3.8) is 0 Å². The van der Waals surface area contributed by atoms with Crippen molar-refractivity contribution < 1.29 is 4.79 Å². The van der Waals surface area contributed by atoms with E-state index < -0.39 is 0 Å². The predicted molar refractivity (Wildman–Crippen MR) is 111 cm³/mol. The zero-order valence-corrected chi connectivity index (χ0v) is 16.8. The molecule has 0 radical (unpaired) electrons. The van der Waals surface area contributed by atoms with Gasteiger partial charge in [0.2, 0.25) is 5.91 Å². The van der Waals surface area contributed by atoms with Crippen LogP contribution in [0.4, 0.5) is 0 Å². The average molecular weight is 380 g/mol. The number of amides is 1. The molecule has 0 aliphatic rings. The van der Waals surface area contributed by atoms with Gasteiger partial charge in [0.1, 0.15) is 0 Å². The Morgan fingerprint density at radius 1 is 1.11 bits per heavy atom. The fraction of sp³-hybridized carbons (Fsp3) is 0.273. The summed E-state index contributed by atoms with van der Waals surface area (Å²) in [4.78, 5) is 19.4. The molecule has 27 heavy (non-hydrogen) atoms. The summed E-state index contributed by atoms with van der Waals surface area (Å²) in [6, 6.07) is 20.3. The number of nitrogens with zero attached hydrogens (tertiary/aromatic N) is 3. The molecule has 1 atom stereocenters. The molecule has 4 nitrogen and oxygen atoms in total. The van der Waals surface area contributed by atoms with E-state index in [-0.39, 0.29) is 11.2 Å². The van der Waals surface area contributed by atoms with E-state index in [1.807, 2.05) is 68.4 Å². The van der Waals surface area contributed by atoms with Gasteiger partial charge in [-0.15, -0.1) is 0 Å². The molecule has 0 aliphatic carbocycles. The topological polar surface area (TPSA) is 38.1 Å². The maximum atomic E-state index is 12.9. The van der Waals surface area contributed by atoms with E-state index in [9.17, 15) is 4.79 Å². The summed E-state index contributed by atoms with van der Waals surface area (Å²) in [6.45, 7) is 5.30. The van der Waals surface area contributed by atoms with Gasteiger partial charge in [-0.3, -0.25) is 4.79 Å². The van der Waals surface area contributed by atoms with E-state index in [0.29, 0.717) is 13.1 Å². The molecule has 5 heteroatoms. The molecule has 1 heterocycles. The first-order chi connectivity index (χ1) is 13.1. The van der Waals surface area contributed by atoms with Crippen LogP contribution in [0, 0.1) is 0 Å². The fourth-order valence-electron chi connectivity index (χ4n) is 2.99. The van der Waals surface area contributed by atoms with Crippen molar-refractivity contribution in [2.45, 2.75) is 30.8 Å². The van der Waals surface area contributed by atoms with Gasteiger partial charge in [0.05, 0.1) is 17.1 Å². The highest BCUT2D eigenvalue weighted by Crippen LogP contribution is 2.28. The first-order valence-electron chi connectivity index (χ1n) is 9.16. The molecule has 1 unspecified atom stereocenters. The molecular weight excluding hydrogens is 354 g/mol. The molecule has 0 saturated carbocycles. The summed E-state index contributed by atoms with van der Waals surface area (Å²) in [5.74, 6) is 0.135. The minimum atomic E-state index is -0.196. The Balaban J connectivity index is 1.70. The van der Waals surface area contributed by atoms with Crippen LogP contribution in [0.25, 0.3) is 11.3 Å². The SMILES string of the molecule is CCN(Cc1ccccc1)C(=O)C(C)Sc1ncc(-c2ccccc2)n1C. The van der Waals surface area contributed by atoms with Gasteiger partial charge in [-0.25, -0.2) is 4.98 Å². The van der Waals surface area contributed by atoms with E-state index in [1.165, 1.54) is 11.8 Å². The van der Waals surface area contributed by atoms with Crippen LogP contribution >= 0.6 is 11.8 Å². The molecular formula is C22H25N3OS. The summed E-state index contributed by atoms with van der Waals surface area (Å²) in [6.07, 6.45) is 1.87. The highest BCUT2D eigenvalue weighted by atomic mass is 32.2. The van der Waals surface area contributed by atoms with Crippen LogP contribution in [0.15, 0.2) is 72.0 Å². The number of hydrogen-bond donors (Lipinski definition) is 0. The second kappa shape index (κ2) is 8.91. The lowest BCUT2D eigenvalue weighted by molar-refractivity contribution is -0.130. The minimum absolute atomic E-state index is 0.135. The van der Waals surface area contributed by atoms with Gasteiger partial charge in [-0.05, 0) is 25.0 Å². The van der Waals surface area contributed by atoms with Gasteiger partial charge >= 0.3 is 0 Å². The molecule has 0 bridgehead atoms. The third kappa shape index (κ3) is 4.61. The maximum absolute atomic E-state index is 12.9. The number of imidazole rings is 1. The number of carbonyl (C=O) groups is 1. The summed E-state index contributed by atoms with van der Waals surface area (Å²) in [5, 5.41) is 0.656. The Hall–Kier alpha value is -2.53. The zero-order valence-electron chi connectivity index (χ0n) is 16.0. The number of rotatable bonds is 7. The number of carbonyl (C=O) groups excluding carboxylic acids is 1.